The number of para-hydroxylation sites is 1. The van der Waals surface area contributed by atoms with Crippen LogP contribution >= 0.6 is 11.3 Å². The molecular formula is C17H11F3N4OS. The summed E-state index contributed by atoms with van der Waals surface area (Å²) in [5, 5.41) is 24.0. The molecule has 2 aromatic heterocycles. The van der Waals surface area contributed by atoms with Gasteiger partial charge in [-0.1, -0.05) is 18.2 Å². The van der Waals surface area contributed by atoms with Crippen molar-refractivity contribution >= 4 is 22.7 Å². The number of alkyl halides is 3. The molecule has 26 heavy (non-hydrogen) atoms. The molecule has 0 aliphatic heterocycles. The molecule has 0 amide bonds. The minimum absolute atomic E-state index is 0.0630. The Bertz CT molecular complexity index is 1010. The fraction of sp³-hybridized carbons (Fsp3) is 0.118. The van der Waals surface area contributed by atoms with Crippen LogP contribution in [0, 0.1) is 18.3 Å². The first-order chi connectivity index (χ1) is 12.3. The van der Waals surface area contributed by atoms with E-state index in [1.165, 1.54) is 17.7 Å². The summed E-state index contributed by atoms with van der Waals surface area (Å²) in [6.45, 7) is 1.40. The highest BCUT2D eigenvalue weighted by atomic mass is 32.1. The number of thiazole rings is 1. The Hall–Kier alpha value is -3.12. The number of nitrogens with zero attached hydrogens (tertiary/aromatic N) is 4. The van der Waals surface area contributed by atoms with Crippen molar-refractivity contribution in [2.24, 2.45) is 0 Å². The SMILES string of the molecule is Cc1nc(C(F)(F)F)c(C(O)=C(C#N)c2ccn(-c3ccccc3)n2)s1. The van der Waals surface area contributed by atoms with Gasteiger partial charge in [-0.25, -0.2) is 9.67 Å². The highest BCUT2D eigenvalue weighted by Crippen LogP contribution is 2.39. The van der Waals surface area contributed by atoms with Gasteiger partial charge in [0.05, 0.1) is 10.7 Å². The van der Waals surface area contributed by atoms with E-state index < -0.39 is 22.5 Å². The zero-order chi connectivity index (χ0) is 18.9. The number of halogens is 3. The molecule has 132 valence electrons. The number of aliphatic hydroxyl groups is 1. The second kappa shape index (κ2) is 6.65. The largest absolute Gasteiger partial charge is 0.505 e. The van der Waals surface area contributed by atoms with Crippen molar-refractivity contribution in [2.45, 2.75) is 13.1 Å². The number of benzene rings is 1. The third kappa shape index (κ3) is 3.32. The summed E-state index contributed by atoms with van der Waals surface area (Å²) in [5.74, 6) is -0.788. The van der Waals surface area contributed by atoms with Crippen molar-refractivity contribution in [2.75, 3.05) is 0 Å². The number of aliphatic hydroxyl groups excluding tert-OH is 1. The predicted molar refractivity (Wildman–Crippen MR) is 90.5 cm³/mol. The maximum atomic E-state index is 13.1. The fourth-order valence-corrected chi connectivity index (χ4v) is 3.20. The van der Waals surface area contributed by atoms with E-state index in [2.05, 4.69) is 10.1 Å². The molecule has 5 nitrogen and oxygen atoms in total. The number of hydrogen-bond acceptors (Lipinski definition) is 5. The van der Waals surface area contributed by atoms with Gasteiger partial charge >= 0.3 is 6.18 Å². The third-order valence-corrected chi connectivity index (χ3v) is 4.41. The molecule has 1 aromatic carbocycles. The van der Waals surface area contributed by atoms with Gasteiger partial charge in [-0.15, -0.1) is 11.3 Å². The van der Waals surface area contributed by atoms with E-state index in [0.717, 1.165) is 0 Å². The zero-order valence-electron chi connectivity index (χ0n) is 13.3. The van der Waals surface area contributed by atoms with Gasteiger partial charge in [-0.2, -0.15) is 23.5 Å². The van der Waals surface area contributed by atoms with Crippen LogP contribution in [0.25, 0.3) is 17.0 Å². The molecule has 0 saturated carbocycles. The van der Waals surface area contributed by atoms with Gasteiger partial charge in [-0.3, -0.25) is 0 Å². The third-order valence-electron chi connectivity index (χ3n) is 3.43. The standard InChI is InChI=1S/C17H11F3N4OS/c1-10-22-16(17(18,19)20)15(26-10)14(25)12(9-21)13-7-8-24(23-13)11-5-3-2-4-6-11/h2-8,25H,1H3. The van der Waals surface area contributed by atoms with Crippen LogP contribution in [0.2, 0.25) is 0 Å². The summed E-state index contributed by atoms with van der Waals surface area (Å²) in [7, 11) is 0. The minimum Gasteiger partial charge on any atom is -0.505 e. The molecule has 3 rings (SSSR count). The van der Waals surface area contributed by atoms with Crippen LogP contribution in [0.15, 0.2) is 42.6 Å². The maximum absolute atomic E-state index is 13.1. The first-order valence-corrected chi connectivity index (χ1v) is 8.12. The molecule has 9 heteroatoms. The van der Waals surface area contributed by atoms with Crippen LogP contribution in [0.4, 0.5) is 13.2 Å². The van der Waals surface area contributed by atoms with Crippen LogP contribution < -0.4 is 0 Å². The quantitative estimate of drug-likeness (QED) is 0.535. The summed E-state index contributed by atoms with van der Waals surface area (Å²) in [5.41, 5.74) is -0.797. The Balaban J connectivity index is 2.10. The van der Waals surface area contributed by atoms with Crippen LogP contribution in [-0.2, 0) is 6.18 Å². The van der Waals surface area contributed by atoms with E-state index in [-0.39, 0.29) is 16.3 Å². The number of aryl methyl sites for hydroxylation is 1. The van der Waals surface area contributed by atoms with Crippen molar-refractivity contribution in [3.05, 3.63) is 63.9 Å². The molecule has 0 fully saturated rings. The van der Waals surface area contributed by atoms with Crippen molar-refractivity contribution in [3.63, 3.8) is 0 Å². The first-order valence-electron chi connectivity index (χ1n) is 7.31. The molecule has 0 saturated heterocycles. The molecule has 0 bridgehead atoms. The molecule has 0 radical (unpaired) electrons. The van der Waals surface area contributed by atoms with Crippen LogP contribution in [0.1, 0.15) is 21.3 Å². The lowest BCUT2D eigenvalue weighted by molar-refractivity contribution is -0.141. The van der Waals surface area contributed by atoms with E-state index in [1.54, 1.807) is 36.5 Å². The van der Waals surface area contributed by atoms with E-state index in [1.807, 2.05) is 6.07 Å². The van der Waals surface area contributed by atoms with Crippen LogP contribution in [0.5, 0.6) is 0 Å². The highest BCUT2D eigenvalue weighted by molar-refractivity contribution is 7.12. The van der Waals surface area contributed by atoms with Gasteiger partial charge in [-0.05, 0) is 25.1 Å². The van der Waals surface area contributed by atoms with Crippen molar-refractivity contribution in [1.29, 1.82) is 5.26 Å². The van der Waals surface area contributed by atoms with E-state index >= 15 is 0 Å². The van der Waals surface area contributed by atoms with Gasteiger partial charge < -0.3 is 5.11 Å². The topological polar surface area (TPSA) is 74.7 Å². The van der Waals surface area contributed by atoms with E-state index in [9.17, 15) is 23.5 Å². The first kappa shape index (κ1) is 17.7. The molecule has 0 aliphatic rings. The van der Waals surface area contributed by atoms with Crippen LogP contribution in [0.3, 0.4) is 0 Å². The van der Waals surface area contributed by atoms with Crippen molar-refractivity contribution < 1.29 is 18.3 Å². The molecule has 3 aromatic rings. The molecule has 0 spiro atoms. The minimum atomic E-state index is -4.74. The number of aromatic nitrogens is 3. The lowest BCUT2D eigenvalue weighted by Crippen LogP contribution is -2.09. The number of rotatable bonds is 3. The van der Waals surface area contributed by atoms with Gasteiger partial charge in [0.15, 0.2) is 11.5 Å². The molecule has 0 aliphatic carbocycles. The molecule has 1 N–H and O–H groups in total. The number of hydrogen-bond donors (Lipinski definition) is 1. The van der Waals surface area contributed by atoms with Crippen molar-refractivity contribution in [1.82, 2.24) is 14.8 Å². The summed E-state index contributed by atoms with van der Waals surface area (Å²) >= 11 is 0.666. The maximum Gasteiger partial charge on any atom is 0.434 e. The Kier molecular flexibility index (Phi) is 4.52. The number of allylic oxidation sites excluding steroid dienone is 1. The summed E-state index contributed by atoms with van der Waals surface area (Å²) in [6, 6.07) is 12.2. The normalized spacial score (nSPS) is 12.6. The Morgan fingerprint density at radius 2 is 1.92 bits per heavy atom. The average molecular weight is 376 g/mol. The highest BCUT2D eigenvalue weighted by Gasteiger charge is 2.39. The Labute approximate surface area is 150 Å². The van der Waals surface area contributed by atoms with Crippen LogP contribution in [-0.4, -0.2) is 19.9 Å². The summed E-state index contributed by atoms with van der Waals surface area (Å²) in [6.07, 6.45) is -3.18. The number of nitriles is 1. The van der Waals surface area contributed by atoms with Gasteiger partial charge in [0, 0.05) is 6.20 Å². The smallest absolute Gasteiger partial charge is 0.434 e. The molecule has 2 heterocycles. The zero-order valence-corrected chi connectivity index (χ0v) is 14.1. The molecule has 0 atom stereocenters. The van der Waals surface area contributed by atoms with E-state index in [0.29, 0.717) is 17.0 Å². The van der Waals surface area contributed by atoms with Gasteiger partial charge in [0.1, 0.15) is 22.2 Å². The fourth-order valence-electron chi connectivity index (χ4n) is 2.31. The summed E-state index contributed by atoms with van der Waals surface area (Å²) < 4.78 is 40.8. The monoisotopic (exact) mass is 376 g/mol. The Morgan fingerprint density at radius 1 is 1.23 bits per heavy atom. The van der Waals surface area contributed by atoms with E-state index in [4.69, 9.17) is 0 Å². The second-order valence-electron chi connectivity index (χ2n) is 5.22. The predicted octanol–water partition coefficient (Wildman–Crippen LogP) is 4.61. The molecule has 0 unspecified atom stereocenters. The van der Waals surface area contributed by atoms with Crippen molar-refractivity contribution in [3.8, 4) is 11.8 Å². The Morgan fingerprint density at radius 3 is 2.54 bits per heavy atom. The lowest BCUT2D eigenvalue weighted by atomic mass is 10.1. The summed E-state index contributed by atoms with van der Waals surface area (Å²) in [4.78, 5) is 2.93. The van der Waals surface area contributed by atoms with Gasteiger partial charge in [0.2, 0.25) is 0 Å². The van der Waals surface area contributed by atoms with Gasteiger partial charge in [0.25, 0.3) is 0 Å². The average Bonchev–Trinajstić information content (AvgIpc) is 3.23. The molecular weight excluding hydrogens is 365 g/mol. The second-order valence-corrected chi connectivity index (χ2v) is 6.43. The lowest BCUT2D eigenvalue weighted by Gasteiger charge is -2.06.